The van der Waals surface area contributed by atoms with Crippen molar-refractivity contribution in [2.24, 2.45) is 0 Å². The molecule has 0 nitrogen and oxygen atoms in total. The first-order valence-corrected chi connectivity index (χ1v) is 9.52. The van der Waals surface area contributed by atoms with Gasteiger partial charge in [-0.25, -0.2) is 4.39 Å². The molecule has 0 amide bonds. The first-order chi connectivity index (χ1) is 6.96. The molecular formula is C11H15Cl2FSi. The lowest BCUT2D eigenvalue weighted by Crippen LogP contribution is -2.20. The Morgan fingerprint density at radius 3 is 2.47 bits per heavy atom. The standard InChI is InChI=1S/C11H15Cl2FSi/c1-3-15(12,13)8-9(2)10-6-4-5-7-11(10)14/h4-7,9H,3,8H2,1-2H3. The zero-order valence-electron chi connectivity index (χ0n) is 8.93. The van der Waals surface area contributed by atoms with Crippen molar-refractivity contribution in [3.63, 3.8) is 0 Å². The highest BCUT2D eigenvalue weighted by Crippen LogP contribution is 2.34. The zero-order chi connectivity index (χ0) is 11.5. The van der Waals surface area contributed by atoms with Gasteiger partial charge >= 0.3 is 0 Å². The van der Waals surface area contributed by atoms with Gasteiger partial charge < -0.3 is 0 Å². The Labute approximate surface area is 101 Å². The summed E-state index contributed by atoms with van der Waals surface area (Å²) in [6.45, 7) is 1.79. The largest absolute Gasteiger partial charge is 0.251 e. The van der Waals surface area contributed by atoms with Crippen LogP contribution >= 0.6 is 22.2 Å². The maximum Gasteiger partial charge on any atom is 0.251 e. The summed E-state index contributed by atoms with van der Waals surface area (Å²) >= 11 is 12.4. The van der Waals surface area contributed by atoms with Crippen molar-refractivity contribution in [1.82, 2.24) is 0 Å². The molecule has 0 fully saturated rings. The van der Waals surface area contributed by atoms with Crippen LogP contribution in [-0.4, -0.2) is 6.69 Å². The van der Waals surface area contributed by atoms with E-state index in [9.17, 15) is 4.39 Å². The fourth-order valence-corrected chi connectivity index (χ4v) is 4.37. The lowest BCUT2D eigenvalue weighted by atomic mass is 10.0. The number of halogens is 3. The highest BCUT2D eigenvalue weighted by molar-refractivity contribution is 7.45. The molecule has 0 aromatic heterocycles. The Bertz CT molecular complexity index is 328. The van der Waals surface area contributed by atoms with Crippen LogP contribution in [0, 0.1) is 5.82 Å². The zero-order valence-corrected chi connectivity index (χ0v) is 11.4. The van der Waals surface area contributed by atoms with E-state index in [4.69, 9.17) is 22.2 Å². The summed E-state index contributed by atoms with van der Waals surface area (Å²) in [7, 11) is 0. The summed E-state index contributed by atoms with van der Waals surface area (Å²) in [4.78, 5) is 0. The van der Waals surface area contributed by atoms with Gasteiger partial charge in [0.05, 0.1) is 0 Å². The van der Waals surface area contributed by atoms with Gasteiger partial charge in [-0.05, 0) is 29.6 Å². The molecule has 1 unspecified atom stereocenters. The number of hydrogen-bond donors (Lipinski definition) is 0. The Morgan fingerprint density at radius 1 is 1.33 bits per heavy atom. The predicted octanol–water partition coefficient (Wildman–Crippen LogP) is 4.87. The molecule has 0 aliphatic heterocycles. The molecule has 1 aromatic carbocycles. The Balaban J connectivity index is 2.78. The van der Waals surface area contributed by atoms with Crippen molar-refractivity contribution in [2.45, 2.75) is 31.9 Å². The Kier molecular flexibility index (Phi) is 4.62. The minimum absolute atomic E-state index is 0.0906. The van der Waals surface area contributed by atoms with Gasteiger partial charge in [-0.2, -0.15) is 0 Å². The number of rotatable bonds is 4. The summed E-state index contributed by atoms with van der Waals surface area (Å²) in [5, 5.41) is 0. The normalized spacial score (nSPS) is 13.9. The summed E-state index contributed by atoms with van der Waals surface area (Å²) in [5.74, 6) is -0.0768. The predicted molar refractivity (Wildman–Crippen MR) is 67.6 cm³/mol. The van der Waals surface area contributed by atoms with Crippen LogP contribution in [-0.2, 0) is 0 Å². The van der Waals surface area contributed by atoms with Crippen LogP contribution in [0.15, 0.2) is 24.3 Å². The maximum absolute atomic E-state index is 13.4. The van der Waals surface area contributed by atoms with Crippen molar-refractivity contribution in [3.05, 3.63) is 35.6 Å². The fraction of sp³-hybridized carbons (Fsp3) is 0.455. The molecule has 0 radical (unpaired) electrons. The monoisotopic (exact) mass is 264 g/mol. The fourth-order valence-electron chi connectivity index (χ4n) is 1.58. The Morgan fingerprint density at radius 2 is 1.93 bits per heavy atom. The molecule has 0 spiro atoms. The van der Waals surface area contributed by atoms with Crippen molar-refractivity contribution in [2.75, 3.05) is 0 Å². The van der Waals surface area contributed by atoms with Gasteiger partial charge in [-0.3, -0.25) is 0 Å². The highest BCUT2D eigenvalue weighted by Gasteiger charge is 2.29. The van der Waals surface area contributed by atoms with E-state index in [1.165, 1.54) is 6.07 Å². The van der Waals surface area contributed by atoms with Crippen LogP contribution < -0.4 is 0 Å². The molecule has 84 valence electrons. The van der Waals surface area contributed by atoms with Gasteiger partial charge in [0, 0.05) is 0 Å². The van der Waals surface area contributed by atoms with Crippen molar-refractivity contribution in [3.8, 4) is 0 Å². The summed E-state index contributed by atoms with van der Waals surface area (Å²) in [5.41, 5.74) is 0.712. The maximum atomic E-state index is 13.4. The second-order valence-electron chi connectivity index (χ2n) is 3.84. The highest BCUT2D eigenvalue weighted by atomic mass is 35.7. The molecule has 0 bridgehead atoms. The average Bonchev–Trinajstić information content (AvgIpc) is 2.17. The van der Waals surface area contributed by atoms with Crippen molar-refractivity contribution in [1.29, 1.82) is 0 Å². The minimum atomic E-state index is -2.17. The molecule has 4 heteroatoms. The molecule has 0 heterocycles. The molecular weight excluding hydrogens is 250 g/mol. The summed E-state index contributed by atoms with van der Waals surface area (Å²) in [6, 6.07) is 8.31. The van der Waals surface area contributed by atoms with E-state index in [0.29, 0.717) is 11.6 Å². The third kappa shape index (κ3) is 3.78. The Hall–Kier alpha value is -0.0531. The SMILES string of the molecule is CC[Si](Cl)(Cl)CC(C)c1ccccc1F. The van der Waals surface area contributed by atoms with Crippen LogP contribution in [0.4, 0.5) is 4.39 Å². The molecule has 0 saturated heterocycles. The third-order valence-electron chi connectivity index (χ3n) is 2.56. The van der Waals surface area contributed by atoms with Crippen molar-refractivity contribution < 1.29 is 4.39 Å². The summed E-state index contributed by atoms with van der Waals surface area (Å²) in [6.07, 6.45) is 0. The van der Waals surface area contributed by atoms with E-state index in [2.05, 4.69) is 0 Å². The van der Waals surface area contributed by atoms with Crippen molar-refractivity contribution >= 4 is 28.9 Å². The first kappa shape index (κ1) is 13.0. The molecule has 0 aliphatic carbocycles. The van der Waals surface area contributed by atoms with E-state index in [-0.39, 0.29) is 11.7 Å². The second kappa shape index (κ2) is 5.33. The molecule has 15 heavy (non-hydrogen) atoms. The molecule has 1 rings (SSSR count). The smallest absolute Gasteiger partial charge is 0.207 e. The molecule has 0 aliphatic rings. The van der Waals surface area contributed by atoms with Gasteiger partial charge in [-0.1, -0.05) is 32.0 Å². The van der Waals surface area contributed by atoms with E-state index >= 15 is 0 Å². The molecule has 1 aromatic rings. The van der Waals surface area contributed by atoms with Crippen LogP contribution in [0.25, 0.3) is 0 Å². The average molecular weight is 265 g/mol. The topological polar surface area (TPSA) is 0 Å². The third-order valence-corrected chi connectivity index (χ3v) is 7.33. The van der Waals surface area contributed by atoms with E-state index in [0.717, 1.165) is 6.04 Å². The first-order valence-electron chi connectivity index (χ1n) is 5.08. The van der Waals surface area contributed by atoms with Crippen LogP contribution in [0.1, 0.15) is 25.3 Å². The minimum Gasteiger partial charge on any atom is -0.207 e. The summed E-state index contributed by atoms with van der Waals surface area (Å²) < 4.78 is 13.4. The second-order valence-corrected chi connectivity index (χ2v) is 11.6. The number of benzene rings is 1. The lowest BCUT2D eigenvalue weighted by Gasteiger charge is -2.20. The van der Waals surface area contributed by atoms with Crippen LogP contribution in [0.3, 0.4) is 0 Å². The quantitative estimate of drug-likeness (QED) is 0.538. The van der Waals surface area contributed by atoms with Crippen LogP contribution in [0.5, 0.6) is 0 Å². The van der Waals surface area contributed by atoms with Gasteiger partial charge in [0.1, 0.15) is 5.82 Å². The van der Waals surface area contributed by atoms with Gasteiger partial charge in [-0.15, -0.1) is 22.2 Å². The van der Waals surface area contributed by atoms with Gasteiger partial charge in [0.2, 0.25) is 0 Å². The van der Waals surface area contributed by atoms with E-state index < -0.39 is 6.69 Å². The van der Waals surface area contributed by atoms with Gasteiger partial charge in [0.15, 0.2) is 0 Å². The lowest BCUT2D eigenvalue weighted by molar-refractivity contribution is 0.597. The van der Waals surface area contributed by atoms with E-state index in [1.54, 1.807) is 12.1 Å². The van der Waals surface area contributed by atoms with Crippen LogP contribution in [0.2, 0.25) is 12.1 Å². The molecule has 1 atom stereocenters. The van der Waals surface area contributed by atoms with Gasteiger partial charge in [0.25, 0.3) is 6.69 Å². The number of hydrogen-bond acceptors (Lipinski definition) is 0. The molecule has 0 N–H and O–H groups in total. The van der Waals surface area contributed by atoms with E-state index in [1.807, 2.05) is 19.9 Å². The molecule has 0 saturated carbocycles.